The largest absolute Gasteiger partial charge is 0.494 e. The molecule has 0 aliphatic heterocycles. The van der Waals surface area contributed by atoms with Gasteiger partial charge < -0.3 is 10.1 Å². The van der Waals surface area contributed by atoms with E-state index in [4.69, 9.17) is 4.74 Å². The second-order valence-corrected chi connectivity index (χ2v) is 4.72. The molecule has 0 radical (unpaired) electrons. The minimum atomic E-state index is -0.410. The summed E-state index contributed by atoms with van der Waals surface area (Å²) in [5.41, 5.74) is 2.16. The highest BCUT2D eigenvalue weighted by atomic mass is 19.1. The van der Waals surface area contributed by atoms with Crippen LogP contribution in [0.5, 0.6) is 5.75 Å². The second-order valence-electron chi connectivity index (χ2n) is 4.72. The molecule has 0 aliphatic carbocycles. The highest BCUT2D eigenvalue weighted by Gasteiger charge is 2.09. The predicted octanol–water partition coefficient (Wildman–Crippen LogP) is 4.45. The molecule has 0 bridgehead atoms. The summed E-state index contributed by atoms with van der Waals surface area (Å²) < 4.78 is 31.8. The Morgan fingerprint density at radius 2 is 1.80 bits per heavy atom. The fourth-order valence-electron chi connectivity index (χ4n) is 1.96. The zero-order chi connectivity index (χ0) is 14.7. The van der Waals surface area contributed by atoms with Gasteiger partial charge in [0.15, 0.2) is 11.6 Å². The zero-order valence-corrected chi connectivity index (χ0v) is 11.7. The van der Waals surface area contributed by atoms with Crippen LogP contribution in [0.1, 0.15) is 24.1 Å². The van der Waals surface area contributed by atoms with E-state index in [2.05, 4.69) is 5.32 Å². The molecule has 0 aliphatic rings. The van der Waals surface area contributed by atoms with Crippen LogP contribution in [0.3, 0.4) is 0 Å². The molecule has 1 atom stereocenters. The van der Waals surface area contributed by atoms with Gasteiger partial charge in [-0.05, 0) is 43.2 Å². The quantitative estimate of drug-likeness (QED) is 0.891. The summed E-state index contributed by atoms with van der Waals surface area (Å²) in [5.74, 6) is -0.461. The first-order chi connectivity index (χ1) is 9.51. The highest BCUT2D eigenvalue weighted by molar-refractivity contribution is 5.50. The fourth-order valence-corrected chi connectivity index (χ4v) is 1.96. The fraction of sp³-hybridized carbons (Fsp3) is 0.250. The van der Waals surface area contributed by atoms with E-state index >= 15 is 0 Å². The minimum absolute atomic E-state index is 0.0970. The molecule has 2 rings (SSSR count). The van der Waals surface area contributed by atoms with Gasteiger partial charge in [0.05, 0.1) is 7.11 Å². The van der Waals surface area contributed by atoms with Crippen molar-refractivity contribution in [1.82, 2.24) is 0 Å². The van der Waals surface area contributed by atoms with Gasteiger partial charge in [-0.25, -0.2) is 8.78 Å². The van der Waals surface area contributed by atoms with Crippen molar-refractivity contribution in [2.75, 3.05) is 12.4 Å². The van der Waals surface area contributed by atoms with Gasteiger partial charge in [0.1, 0.15) is 5.82 Å². The third-order valence-corrected chi connectivity index (χ3v) is 3.23. The Labute approximate surface area is 117 Å². The van der Waals surface area contributed by atoms with Crippen LogP contribution in [0, 0.1) is 18.6 Å². The maximum absolute atomic E-state index is 13.6. The second kappa shape index (κ2) is 5.90. The number of methoxy groups -OCH3 is 1. The maximum Gasteiger partial charge on any atom is 0.165 e. The van der Waals surface area contributed by atoms with E-state index in [0.29, 0.717) is 5.56 Å². The number of aryl methyl sites for hydroxylation is 1. The van der Waals surface area contributed by atoms with Crippen LogP contribution >= 0.6 is 0 Å². The Balaban J connectivity index is 2.18. The molecule has 0 amide bonds. The van der Waals surface area contributed by atoms with Crippen LogP contribution in [-0.2, 0) is 0 Å². The first-order valence-electron chi connectivity index (χ1n) is 6.37. The Bertz CT molecular complexity index is 613. The van der Waals surface area contributed by atoms with Gasteiger partial charge in [0, 0.05) is 17.8 Å². The molecule has 20 heavy (non-hydrogen) atoms. The number of ether oxygens (including phenoxy) is 1. The monoisotopic (exact) mass is 277 g/mol. The number of hydrogen-bond acceptors (Lipinski definition) is 2. The number of nitrogens with one attached hydrogen (secondary N) is 1. The molecule has 106 valence electrons. The third kappa shape index (κ3) is 3.07. The summed E-state index contributed by atoms with van der Waals surface area (Å²) in [6.07, 6.45) is 0. The average molecular weight is 277 g/mol. The zero-order valence-electron chi connectivity index (χ0n) is 11.7. The molecular formula is C16H17F2NO. The van der Waals surface area contributed by atoms with E-state index in [1.807, 2.05) is 13.0 Å². The SMILES string of the molecule is COc1cc(NC(C)c2ccc(C)c(F)c2)ccc1F. The van der Waals surface area contributed by atoms with Crippen molar-refractivity contribution in [1.29, 1.82) is 0 Å². The summed E-state index contributed by atoms with van der Waals surface area (Å²) in [5, 5.41) is 3.19. The third-order valence-electron chi connectivity index (χ3n) is 3.23. The summed E-state index contributed by atoms with van der Waals surface area (Å²) in [7, 11) is 1.42. The smallest absolute Gasteiger partial charge is 0.165 e. The van der Waals surface area contributed by atoms with Gasteiger partial charge in [0.25, 0.3) is 0 Å². The molecular weight excluding hydrogens is 260 g/mol. The summed E-state index contributed by atoms with van der Waals surface area (Å²) in [6, 6.07) is 9.57. The molecule has 1 N–H and O–H groups in total. The van der Waals surface area contributed by atoms with Crippen molar-refractivity contribution in [3.63, 3.8) is 0 Å². The van der Waals surface area contributed by atoms with E-state index < -0.39 is 5.82 Å². The summed E-state index contributed by atoms with van der Waals surface area (Å²) in [6.45, 7) is 3.64. The average Bonchev–Trinajstić information content (AvgIpc) is 2.43. The standard InChI is InChI=1S/C16H17F2NO/c1-10-4-5-12(8-15(10)18)11(2)19-13-6-7-14(17)16(9-13)20-3/h4-9,11,19H,1-3H3. The number of rotatable bonds is 4. The van der Waals surface area contributed by atoms with Crippen LogP contribution in [0.2, 0.25) is 0 Å². The van der Waals surface area contributed by atoms with Gasteiger partial charge in [0.2, 0.25) is 0 Å². The van der Waals surface area contributed by atoms with Gasteiger partial charge >= 0.3 is 0 Å². The van der Waals surface area contributed by atoms with Crippen molar-refractivity contribution in [3.05, 3.63) is 59.2 Å². The van der Waals surface area contributed by atoms with Crippen molar-refractivity contribution in [2.45, 2.75) is 19.9 Å². The molecule has 0 spiro atoms. The first kappa shape index (κ1) is 14.3. The first-order valence-corrected chi connectivity index (χ1v) is 6.37. The van der Waals surface area contributed by atoms with Crippen LogP contribution in [0.25, 0.3) is 0 Å². The Kier molecular flexibility index (Phi) is 4.23. The van der Waals surface area contributed by atoms with E-state index in [1.54, 1.807) is 25.1 Å². The van der Waals surface area contributed by atoms with Crippen molar-refractivity contribution < 1.29 is 13.5 Å². The topological polar surface area (TPSA) is 21.3 Å². The lowest BCUT2D eigenvalue weighted by Gasteiger charge is -2.17. The molecule has 0 fully saturated rings. The van der Waals surface area contributed by atoms with E-state index in [1.165, 1.54) is 19.2 Å². The lowest BCUT2D eigenvalue weighted by Crippen LogP contribution is -2.07. The highest BCUT2D eigenvalue weighted by Crippen LogP contribution is 2.25. The van der Waals surface area contributed by atoms with Gasteiger partial charge in [-0.1, -0.05) is 12.1 Å². The molecule has 2 aromatic carbocycles. The number of hydrogen-bond donors (Lipinski definition) is 1. The van der Waals surface area contributed by atoms with Crippen molar-refractivity contribution in [2.24, 2.45) is 0 Å². The summed E-state index contributed by atoms with van der Waals surface area (Å²) >= 11 is 0. The Morgan fingerprint density at radius 3 is 2.45 bits per heavy atom. The van der Waals surface area contributed by atoms with Crippen molar-refractivity contribution in [3.8, 4) is 5.75 Å². The lowest BCUT2D eigenvalue weighted by molar-refractivity contribution is 0.387. The number of anilines is 1. The molecule has 0 saturated carbocycles. The van der Waals surface area contributed by atoms with E-state index in [0.717, 1.165) is 11.3 Å². The molecule has 2 nitrogen and oxygen atoms in total. The summed E-state index contributed by atoms with van der Waals surface area (Å²) in [4.78, 5) is 0. The normalized spacial score (nSPS) is 12.1. The van der Waals surface area contributed by atoms with Crippen LogP contribution in [0.4, 0.5) is 14.5 Å². The lowest BCUT2D eigenvalue weighted by atomic mass is 10.1. The van der Waals surface area contributed by atoms with Gasteiger partial charge in [-0.15, -0.1) is 0 Å². The molecule has 0 saturated heterocycles. The van der Waals surface area contributed by atoms with Crippen LogP contribution in [0.15, 0.2) is 36.4 Å². The van der Waals surface area contributed by atoms with Crippen molar-refractivity contribution >= 4 is 5.69 Å². The molecule has 0 aromatic heterocycles. The molecule has 0 heterocycles. The predicted molar refractivity (Wildman–Crippen MR) is 76.1 cm³/mol. The van der Waals surface area contributed by atoms with Crippen LogP contribution < -0.4 is 10.1 Å². The minimum Gasteiger partial charge on any atom is -0.494 e. The van der Waals surface area contributed by atoms with Gasteiger partial charge in [-0.2, -0.15) is 0 Å². The molecule has 1 unspecified atom stereocenters. The Morgan fingerprint density at radius 1 is 1.05 bits per heavy atom. The van der Waals surface area contributed by atoms with Crippen LogP contribution in [-0.4, -0.2) is 7.11 Å². The van der Waals surface area contributed by atoms with Gasteiger partial charge in [-0.3, -0.25) is 0 Å². The molecule has 2 aromatic rings. The number of benzene rings is 2. The Hall–Kier alpha value is -2.10. The van der Waals surface area contributed by atoms with E-state index in [-0.39, 0.29) is 17.6 Å². The maximum atomic E-state index is 13.6. The molecule has 4 heteroatoms. The number of halogens is 2. The van der Waals surface area contributed by atoms with E-state index in [9.17, 15) is 8.78 Å².